The molecule has 1 heterocycles. The monoisotopic (exact) mass is 396 g/mol. The highest BCUT2D eigenvalue weighted by molar-refractivity contribution is 7.18. The van der Waals surface area contributed by atoms with Crippen molar-refractivity contribution in [1.82, 2.24) is 5.32 Å². The highest BCUT2D eigenvalue weighted by Crippen LogP contribution is 2.35. The third kappa shape index (κ3) is 4.89. The molecule has 0 spiro atoms. The van der Waals surface area contributed by atoms with Gasteiger partial charge in [0.25, 0.3) is 0 Å². The Balaban J connectivity index is 1.67. The van der Waals surface area contributed by atoms with Gasteiger partial charge in [0.2, 0.25) is 0 Å². The zero-order valence-corrected chi connectivity index (χ0v) is 16.1. The highest BCUT2D eigenvalue weighted by atomic mass is 32.1. The predicted molar refractivity (Wildman–Crippen MR) is 110 cm³/mol. The van der Waals surface area contributed by atoms with Crippen LogP contribution in [-0.2, 0) is 6.42 Å². The van der Waals surface area contributed by atoms with Gasteiger partial charge in [-0.2, -0.15) is 0 Å². The average molecular weight is 396 g/mol. The Morgan fingerprint density at radius 1 is 1.07 bits per heavy atom. The zero-order valence-electron chi connectivity index (χ0n) is 15.3. The van der Waals surface area contributed by atoms with Crippen LogP contribution in [0.25, 0.3) is 10.4 Å². The van der Waals surface area contributed by atoms with Crippen LogP contribution in [0.5, 0.6) is 5.75 Å². The molecule has 1 aromatic heterocycles. The molecular weight excluding hydrogens is 376 g/mol. The number of carboxylic acid groups (broad SMARTS) is 1. The van der Waals surface area contributed by atoms with Crippen molar-refractivity contribution in [2.24, 2.45) is 0 Å². The van der Waals surface area contributed by atoms with Crippen molar-refractivity contribution < 1.29 is 19.4 Å². The van der Waals surface area contributed by atoms with E-state index in [0.717, 1.165) is 33.1 Å². The van der Waals surface area contributed by atoms with Crippen molar-refractivity contribution in [3.63, 3.8) is 0 Å². The first-order valence-corrected chi connectivity index (χ1v) is 9.49. The topological polar surface area (TPSA) is 87.7 Å². The van der Waals surface area contributed by atoms with Crippen LogP contribution in [0.3, 0.4) is 0 Å². The minimum absolute atomic E-state index is 0.0871. The molecule has 0 saturated carbocycles. The Morgan fingerprint density at radius 2 is 1.79 bits per heavy atom. The first-order valence-electron chi connectivity index (χ1n) is 8.67. The second kappa shape index (κ2) is 9.05. The van der Waals surface area contributed by atoms with Gasteiger partial charge in [0.15, 0.2) is 0 Å². The number of rotatable bonds is 7. The summed E-state index contributed by atoms with van der Waals surface area (Å²) in [5.74, 6) is -0.362. The van der Waals surface area contributed by atoms with Crippen molar-refractivity contribution in [3.05, 3.63) is 71.1 Å². The highest BCUT2D eigenvalue weighted by Gasteiger charge is 2.18. The smallest absolute Gasteiger partial charge is 0.348 e. The van der Waals surface area contributed by atoms with E-state index in [4.69, 9.17) is 4.74 Å². The summed E-state index contributed by atoms with van der Waals surface area (Å²) in [6, 6.07) is 18.3. The molecule has 2 aromatic carbocycles. The molecule has 3 N–H and O–H groups in total. The lowest BCUT2D eigenvalue weighted by Crippen LogP contribution is -2.30. The molecule has 0 fully saturated rings. The first kappa shape index (κ1) is 19.4. The molecule has 2 amide bonds. The summed E-state index contributed by atoms with van der Waals surface area (Å²) >= 11 is 1.11. The van der Waals surface area contributed by atoms with Gasteiger partial charge < -0.3 is 20.5 Å². The lowest BCUT2D eigenvalue weighted by molar-refractivity contribution is 0.0703. The zero-order chi connectivity index (χ0) is 19.9. The number of carboxylic acids is 1. The fourth-order valence-electron chi connectivity index (χ4n) is 2.67. The fourth-order valence-corrected chi connectivity index (χ4v) is 3.63. The molecule has 6 nitrogen and oxygen atoms in total. The van der Waals surface area contributed by atoms with E-state index in [9.17, 15) is 14.7 Å². The number of amides is 2. The Morgan fingerprint density at radius 3 is 2.43 bits per heavy atom. The van der Waals surface area contributed by atoms with Crippen molar-refractivity contribution in [2.45, 2.75) is 6.42 Å². The molecule has 0 bridgehead atoms. The minimum Gasteiger partial charge on any atom is -0.497 e. The number of ether oxygens (including phenoxy) is 1. The van der Waals surface area contributed by atoms with Crippen molar-refractivity contribution >= 4 is 29.0 Å². The molecule has 0 radical (unpaired) electrons. The minimum atomic E-state index is -1.08. The maximum absolute atomic E-state index is 12.2. The SMILES string of the molecule is COc1ccc(-c2cc(NC(=O)NCCc3ccccc3)c(C(=O)O)s2)cc1. The third-order valence-electron chi connectivity index (χ3n) is 4.09. The molecule has 3 rings (SSSR count). The van der Waals surface area contributed by atoms with Crippen molar-refractivity contribution in [3.8, 4) is 16.2 Å². The fraction of sp³-hybridized carbons (Fsp3) is 0.143. The number of hydrogen-bond donors (Lipinski definition) is 3. The van der Waals surface area contributed by atoms with E-state index in [1.54, 1.807) is 25.3 Å². The number of thiophene rings is 1. The van der Waals surface area contributed by atoms with Gasteiger partial charge in [-0.1, -0.05) is 30.3 Å². The Hall–Kier alpha value is -3.32. The summed E-state index contributed by atoms with van der Waals surface area (Å²) in [6.07, 6.45) is 0.695. The number of carbonyl (C=O) groups is 2. The summed E-state index contributed by atoms with van der Waals surface area (Å²) < 4.78 is 5.14. The van der Waals surface area contributed by atoms with Gasteiger partial charge in [-0.15, -0.1) is 11.3 Å². The van der Waals surface area contributed by atoms with E-state index in [2.05, 4.69) is 10.6 Å². The molecule has 0 aliphatic heterocycles. The Kier molecular flexibility index (Phi) is 6.29. The molecular formula is C21H20N2O4S. The van der Waals surface area contributed by atoms with Crippen molar-refractivity contribution in [2.75, 3.05) is 19.0 Å². The molecule has 0 unspecified atom stereocenters. The summed E-state index contributed by atoms with van der Waals surface area (Å²) in [5.41, 5.74) is 2.25. The predicted octanol–water partition coefficient (Wildman–Crippen LogP) is 4.49. The van der Waals surface area contributed by atoms with Gasteiger partial charge in [-0.25, -0.2) is 9.59 Å². The second-order valence-corrected chi connectivity index (χ2v) is 7.06. The van der Waals surface area contributed by atoms with E-state index in [0.29, 0.717) is 13.0 Å². The van der Waals surface area contributed by atoms with Gasteiger partial charge in [0.05, 0.1) is 12.8 Å². The van der Waals surface area contributed by atoms with Gasteiger partial charge in [0, 0.05) is 11.4 Å². The normalized spacial score (nSPS) is 10.3. The van der Waals surface area contributed by atoms with E-state index >= 15 is 0 Å². The summed E-state index contributed by atoms with van der Waals surface area (Å²) in [6.45, 7) is 0.452. The maximum atomic E-state index is 12.2. The van der Waals surface area contributed by atoms with E-state index < -0.39 is 12.0 Å². The van der Waals surface area contributed by atoms with Crippen LogP contribution in [0.1, 0.15) is 15.2 Å². The lowest BCUT2D eigenvalue weighted by Gasteiger charge is -2.07. The lowest BCUT2D eigenvalue weighted by atomic mass is 10.1. The third-order valence-corrected chi connectivity index (χ3v) is 5.26. The van der Waals surface area contributed by atoms with Crippen molar-refractivity contribution in [1.29, 1.82) is 0 Å². The largest absolute Gasteiger partial charge is 0.497 e. The van der Waals surface area contributed by atoms with Gasteiger partial charge in [0.1, 0.15) is 10.6 Å². The van der Waals surface area contributed by atoms with Crippen LogP contribution in [0.2, 0.25) is 0 Å². The number of urea groups is 1. The van der Waals surface area contributed by atoms with E-state index in [-0.39, 0.29) is 10.6 Å². The first-order chi connectivity index (χ1) is 13.6. The number of aromatic carboxylic acids is 1. The van der Waals surface area contributed by atoms with Crippen LogP contribution < -0.4 is 15.4 Å². The summed E-state index contributed by atoms with van der Waals surface area (Å²) in [4.78, 5) is 24.6. The van der Waals surface area contributed by atoms with Gasteiger partial charge in [-0.3, -0.25) is 0 Å². The standard InChI is InChI=1S/C21H20N2O4S/c1-27-16-9-7-15(8-10-16)18-13-17(19(28-18)20(24)25)23-21(26)22-12-11-14-5-3-2-4-6-14/h2-10,13H,11-12H2,1H3,(H,24,25)(H2,22,23,26). The number of carbonyl (C=O) groups excluding carboxylic acids is 1. The van der Waals surface area contributed by atoms with E-state index in [1.807, 2.05) is 42.5 Å². The number of methoxy groups -OCH3 is 1. The summed E-state index contributed by atoms with van der Waals surface area (Å²) in [5, 5.41) is 14.9. The molecule has 7 heteroatoms. The average Bonchev–Trinajstić information content (AvgIpc) is 3.13. The van der Waals surface area contributed by atoms with Crippen LogP contribution in [0.15, 0.2) is 60.7 Å². The molecule has 144 valence electrons. The maximum Gasteiger partial charge on any atom is 0.348 e. The number of anilines is 1. The van der Waals surface area contributed by atoms with Crippen LogP contribution in [0.4, 0.5) is 10.5 Å². The van der Waals surface area contributed by atoms with Gasteiger partial charge >= 0.3 is 12.0 Å². The number of nitrogens with one attached hydrogen (secondary N) is 2. The summed E-state index contributed by atoms with van der Waals surface area (Å²) in [7, 11) is 1.58. The van der Waals surface area contributed by atoms with Crippen LogP contribution >= 0.6 is 11.3 Å². The molecule has 0 saturated heterocycles. The Labute approximate surface area is 166 Å². The molecule has 0 aliphatic rings. The second-order valence-electron chi connectivity index (χ2n) is 6.00. The number of benzene rings is 2. The van der Waals surface area contributed by atoms with Crippen LogP contribution in [-0.4, -0.2) is 30.8 Å². The quantitative estimate of drug-likeness (QED) is 0.549. The Bertz CT molecular complexity index is 952. The van der Waals surface area contributed by atoms with Gasteiger partial charge in [-0.05, 0) is 47.9 Å². The van der Waals surface area contributed by atoms with Crippen LogP contribution in [0, 0.1) is 0 Å². The molecule has 28 heavy (non-hydrogen) atoms. The van der Waals surface area contributed by atoms with E-state index in [1.165, 1.54) is 0 Å². The molecule has 0 aliphatic carbocycles. The molecule has 0 atom stereocenters. The molecule has 3 aromatic rings. The number of hydrogen-bond acceptors (Lipinski definition) is 4.